The summed E-state index contributed by atoms with van der Waals surface area (Å²) in [6.45, 7) is 0.0199. The topological polar surface area (TPSA) is 110 Å². The summed E-state index contributed by atoms with van der Waals surface area (Å²) in [4.78, 5) is 22.9. The van der Waals surface area contributed by atoms with Crippen molar-refractivity contribution in [1.29, 1.82) is 0 Å². The van der Waals surface area contributed by atoms with Gasteiger partial charge in [0.15, 0.2) is 5.69 Å². The van der Waals surface area contributed by atoms with Crippen LogP contribution in [-0.4, -0.2) is 38.4 Å². The first kappa shape index (κ1) is 16.1. The lowest BCUT2D eigenvalue weighted by Crippen LogP contribution is -2.37. The summed E-state index contributed by atoms with van der Waals surface area (Å²) in [5.74, 6) is 0.0797. The molecule has 1 fully saturated rings. The van der Waals surface area contributed by atoms with Gasteiger partial charge in [-0.3, -0.25) is 14.9 Å². The minimum Gasteiger partial charge on any atom is -0.396 e. The van der Waals surface area contributed by atoms with E-state index in [4.69, 9.17) is 5.11 Å². The first-order valence-electron chi connectivity index (χ1n) is 7.81. The summed E-state index contributed by atoms with van der Waals surface area (Å²) in [7, 11) is 0. The number of rotatable bonds is 7. The second kappa shape index (κ2) is 6.79. The fourth-order valence-electron chi connectivity index (χ4n) is 2.70. The van der Waals surface area contributed by atoms with Crippen LogP contribution < -0.4 is 5.32 Å². The standard InChI is InChI=1S/C16H18N4O4/c21-10-8-12(11-5-6-11)17-16(22)13-7-9-19(18-13)14-3-1-2-4-15(14)20(23)24/h1-4,7,9,11-12,21H,5-6,8,10H2,(H,17,22). The normalized spacial score (nSPS) is 15.0. The molecule has 8 nitrogen and oxygen atoms in total. The van der Waals surface area contributed by atoms with Crippen molar-refractivity contribution in [2.75, 3.05) is 6.61 Å². The number of carbonyl (C=O) groups excluding carboxylic acids is 1. The van der Waals surface area contributed by atoms with Gasteiger partial charge in [-0.15, -0.1) is 0 Å². The van der Waals surface area contributed by atoms with Crippen LogP contribution in [0.3, 0.4) is 0 Å². The van der Waals surface area contributed by atoms with E-state index in [0.29, 0.717) is 18.0 Å². The summed E-state index contributed by atoms with van der Waals surface area (Å²) in [5, 5.41) is 27.2. The number of aliphatic hydroxyl groups is 1. The third-order valence-electron chi connectivity index (χ3n) is 4.09. The highest BCUT2D eigenvalue weighted by Crippen LogP contribution is 2.34. The molecular weight excluding hydrogens is 312 g/mol. The average Bonchev–Trinajstić information content (AvgIpc) is 3.30. The van der Waals surface area contributed by atoms with Crippen LogP contribution >= 0.6 is 0 Å². The van der Waals surface area contributed by atoms with Crippen molar-refractivity contribution in [2.45, 2.75) is 25.3 Å². The minimum atomic E-state index is -0.485. The molecule has 0 saturated heterocycles. The van der Waals surface area contributed by atoms with Gasteiger partial charge in [0, 0.05) is 24.9 Å². The molecule has 1 atom stereocenters. The van der Waals surface area contributed by atoms with Crippen LogP contribution in [0.15, 0.2) is 36.5 Å². The number of benzene rings is 1. The van der Waals surface area contributed by atoms with Gasteiger partial charge in [-0.05, 0) is 37.3 Å². The number of para-hydroxylation sites is 2. The molecule has 0 bridgehead atoms. The van der Waals surface area contributed by atoms with E-state index in [0.717, 1.165) is 12.8 Å². The Labute approximate surface area is 138 Å². The molecule has 1 aliphatic carbocycles. The molecule has 24 heavy (non-hydrogen) atoms. The molecule has 0 aliphatic heterocycles. The van der Waals surface area contributed by atoms with Gasteiger partial charge in [-0.1, -0.05) is 12.1 Å². The minimum absolute atomic E-state index is 0.0199. The maximum atomic E-state index is 12.3. The molecule has 1 amide bonds. The van der Waals surface area contributed by atoms with E-state index < -0.39 is 4.92 Å². The van der Waals surface area contributed by atoms with Crippen LogP contribution in [0.4, 0.5) is 5.69 Å². The van der Waals surface area contributed by atoms with E-state index in [1.807, 2.05) is 0 Å². The molecular formula is C16H18N4O4. The molecule has 1 heterocycles. The van der Waals surface area contributed by atoms with E-state index in [1.165, 1.54) is 23.0 Å². The molecule has 126 valence electrons. The van der Waals surface area contributed by atoms with E-state index >= 15 is 0 Å². The molecule has 0 radical (unpaired) electrons. The third-order valence-corrected chi connectivity index (χ3v) is 4.09. The Balaban J connectivity index is 1.78. The summed E-state index contributed by atoms with van der Waals surface area (Å²) in [6, 6.07) is 7.68. The number of nitro groups is 1. The van der Waals surface area contributed by atoms with Crippen LogP contribution in [0.25, 0.3) is 5.69 Å². The number of hydrogen-bond donors (Lipinski definition) is 2. The van der Waals surface area contributed by atoms with Crippen molar-refractivity contribution in [3.63, 3.8) is 0 Å². The monoisotopic (exact) mass is 330 g/mol. The summed E-state index contributed by atoms with van der Waals surface area (Å²) in [5.41, 5.74) is 0.413. The first-order valence-corrected chi connectivity index (χ1v) is 7.81. The lowest BCUT2D eigenvalue weighted by molar-refractivity contribution is -0.384. The van der Waals surface area contributed by atoms with Gasteiger partial charge in [-0.2, -0.15) is 5.10 Å². The second-order valence-electron chi connectivity index (χ2n) is 5.82. The third kappa shape index (κ3) is 3.43. The predicted molar refractivity (Wildman–Crippen MR) is 85.9 cm³/mol. The lowest BCUT2D eigenvalue weighted by atomic mass is 10.1. The van der Waals surface area contributed by atoms with E-state index in [9.17, 15) is 14.9 Å². The maximum absolute atomic E-state index is 12.3. The quantitative estimate of drug-likeness (QED) is 0.593. The zero-order valence-corrected chi connectivity index (χ0v) is 13.0. The van der Waals surface area contributed by atoms with Crippen molar-refractivity contribution in [2.24, 2.45) is 5.92 Å². The Kier molecular flexibility index (Phi) is 4.57. The molecule has 1 aliphatic rings. The van der Waals surface area contributed by atoms with Crippen molar-refractivity contribution >= 4 is 11.6 Å². The van der Waals surface area contributed by atoms with Gasteiger partial charge < -0.3 is 10.4 Å². The molecule has 3 rings (SSSR count). The van der Waals surface area contributed by atoms with Crippen molar-refractivity contribution < 1.29 is 14.8 Å². The maximum Gasteiger partial charge on any atom is 0.294 e. The zero-order chi connectivity index (χ0) is 17.1. The Bertz CT molecular complexity index is 754. The highest BCUT2D eigenvalue weighted by molar-refractivity contribution is 5.92. The number of nitro benzene ring substituents is 1. The number of hydrogen-bond acceptors (Lipinski definition) is 5. The van der Waals surface area contributed by atoms with Crippen LogP contribution in [0, 0.1) is 16.0 Å². The van der Waals surface area contributed by atoms with E-state index in [1.54, 1.807) is 18.2 Å². The Morgan fingerprint density at radius 1 is 1.42 bits per heavy atom. The molecule has 2 N–H and O–H groups in total. The predicted octanol–water partition coefficient (Wildman–Crippen LogP) is 1.67. The van der Waals surface area contributed by atoms with Crippen LogP contribution in [0.2, 0.25) is 0 Å². The van der Waals surface area contributed by atoms with Gasteiger partial charge in [0.2, 0.25) is 0 Å². The number of aromatic nitrogens is 2. The van der Waals surface area contributed by atoms with E-state index in [2.05, 4.69) is 10.4 Å². The first-order chi connectivity index (χ1) is 11.6. The summed E-state index contributed by atoms with van der Waals surface area (Å²) < 4.78 is 1.32. The number of nitrogens with one attached hydrogen (secondary N) is 1. The molecule has 2 aromatic rings. The summed E-state index contributed by atoms with van der Waals surface area (Å²) >= 11 is 0. The Morgan fingerprint density at radius 2 is 2.17 bits per heavy atom. The van der Waals surface area contributed by atoms with Gasteiger partial charge in [0.25, 0.3) is 11.6 Å². The van der Waals surface area contributed by atoms with Gasteiger partial charge in [0.05, 0.1) is 4.92 Å². The van der Waals surface area contributed by atoms with Gasteiger partial charge in [0.1, 0.15) is 5.69 Å². The number of amides is 1. The highest BCUT2D eigenvalue weighted by atomic mass is 16.6. The molecule has 1 aromatic heterocycles. The number of nitrogens with zero attached hydrogens (tertiary/aromatic N) is 3. The van der Waals surface area contributed by atoms with Gasteiger partial charge in [-0.25, -0.2) is 4.68 Å². The van der Waals surface area contributed by atoms with E-state index in [-0.39, 0.29) is 29.9 Å². The number of carbonyl (C=O) groups is 1. The smallest absolute Gasteiger partial charge is 0.294 e. The van der Waals surface area contributed by atoms with Crippen molar-refractivity contribution in [1.82, 2.24) is 15.1 Å². The fraction of sp³-hybridized carbons (Fsp3) is 0.375. The SMILES string of the molecule is O=C(NC(CCO)C1CC1)c1ccn(-c2ccccc2[N+](=O)[O-])n1. The van der Waals surface area contributed by atoms with Crippen molar-refractivity contribution in [3.8, 4) is 5.69 Å². The molecule has 0 spiro atoms. The molecule has 8 heteroatoms. The molecule has 1 unspecified atom stereocenters. The Morgan fingerprint density at radius 3 is 2.83 bits per heavy atom. The van der Waals surface area contributed by atoms with Crippen LogP contribution in [-0.2, 0) is 0 Å². The highest BCUT2D eigenvalue weighted by Gasteiger charge is 2.32. The zero-order valence-electron chi connectivity index (χ0n) is 13.0. The molecule has 1 saturated carbocycles. The van der Waals surface area contributed by atoms with Gasteiger partial charge >= 0.3 is 0 Å². The van der Waals surface area contributed by atoms with Crippen molar-refractivity contribution in [3.05, 3.63) is 52.3 Å². The molecule has 1 aromatic carbocycles. The lowest BCUT2D eigenvalue weighted by Gasteiger charge is -2.16. The van der Waals surface area contributed by atoms with Crippen LogP contribution in [0.1, 0.15) is 29.8 Å². The Hall–Kier alpha value is -2.74. The van der Waals surface area contributed by atoms with Crippen LogP contribution in [0.5, 0.6) is 0 Å². The second-order valence-corrected chi connectivity index (χ2v) is 5.82. The fourth-order valence-corrected chi connectivity index (χ4v) is 2.70. The number of aliphatic hydroxyl groups excluding tert-OH is 1. The summed E-state index contributed by atoms with van der Waals surface area (Å²) in [6.07, 6.45) is 4.14. The largest absolute Gasteiger partial charge is 0.396 e. The average molecular weight is 330 g/mol.